The molecule has 0 aliphatic carbocycles. The largest absolute Gasteiger partial charge is 0.490 e. The number of hydrogen-bond acceptors (Lipinski definition) is 3. The summed E-state index contributed by atoms with van der Waals surface area (Å²) in [5.41, 5.74) is 2.16. The zero-order valence-electron chi connectivity index (χ0n) is 11.4. The van der Waals surface area contributed by atoms with Crippen LogP contribution in [-0.4, -0.2) is 13.2 Å². The van der Waals surface area contributed by atoms with Gasteiger partial charge in [-0.2, -0.15) is 0 Å². The van der Waals surface area contributed by atoms with Gasteiger partial charge < -0.3 is 14.8 Å². The third kappa shape index (κ3) is 3.63. The Labute approximate surface area is 137 Å². The number of hydrogen-bond donors (Lipinski definition) is 1. The Bertz CT molecular complexity index is 631. The molecule has 21 heavy (non-hydrogen) atoms. The van der Waals surface area contributed by atoms with E-state index in [4.69, 9.17) is 21.1 Å². The van der Waals surface area contributed by atoms with Crippen molar-refractivity contribution in [2.75, 3.05) is 18.5 Å². The Balaban J connectivity index is 1.75. The fourth-order valence-corrected chi connectivity index (χ4v) is 2.89. The highest BCUT2D eigenvalue weighted by Gasteiger charge is 2.15. The lowest BCUT2D eigenvalue weighted by Gasteiger charge is -2.13. The van der Waals surface area contributed by atoms with Gasteiger partial charge in [-0.1, -0.05) is 11.6 Å². The Morgan fingerprint density at radius 1 is 1.10 bits per heavy atom. The van der Waals surface area contributed by atoms with Gasteiger partial charge in [-0.3, -0.25) is 0 Å². The molecule has 0 bridgehead atoms. The molecule has 1 aliphatic rings. The summed E-state index contributed by atoms with van der Waals surface area (Å²) in [5, 5.41) is 4.10. The summed E-state index contributed by atoms with van der Waals surface area (Å²) in [5.74, 6) is 1.59. The van der Waals surface area contributed by atoms with Crippen molar-refractivity contribution in [3.05, 3.63) is 51.5 Å². The minimum Gasteiger partial charge on any atom is -0.490 e. The number of benzene rings is 2. The number of rotatable bonds is 3. The van der Waals surface area contributed by atoms with Crippen LogP contribution in [0.2, 0.25) is 5.02 Å². The summed E-state index contributed by atoms with van der Waals surface area (Å²) in [6.45, 7) is 2.08. The molecule has 2 aromatic carbocycles. The van der Waals surface area contributed by atoms with Gasteiger partial charge in [0, 0.05) is 23.7 Å². The molecular formula is C16H15BrClNO2. The maximum Gasteiger partial charge on any atom is 0.175 e. The minimum atomic E-state index is 0.688. The van der Waals surface area contributed by atoms with E-state index in [1.807, 2.05) is 30.3 Å². The van der Waals surface area contributed by atoms with Crippen LogP contribution in [0.3, 0.4) is 0 Å². The summed E-state index contributed by atoms with van der Waals surface area (Å²) in [4.78, 5) is 0. The Morgan fingerprint density at radius 2 is 1.86 bits per heavy atom. The van der Waals surface area contributed by atoms with Gasteiger partial charge >= 0.3 is 0 Å². The van der Waals surface area contributed by atoms with Crippen molar-refractivity contribution in [1.82, 2.24) is 0 Å². The summed E-state index contributed by atoms with van der Waals surface area (Å²) in [6, 6.07) is 11.7. The van der Waals surface area contributed by atoms with E-state index in [0.717, 1.165) is 38.7 Å². The molecule has 0 saturated heterocycles. The van der Waals surface area contributed by atoms with Crippen molar-refractivity contribution < 1.29 is 9.47 Å². The molecule has 0 atom stereocenters. The summed E-state index contributed by atoms with van der Waals surface area (Å²) >= 11 is 9.43. The van der Waals surface area contributed by atoms with Crippen LogP contribution in [0.4, 0.5) is 5.69 Å². The molecule has 0 unspecified atom stereocenters. The van der Waals surface area contributed by atoms with Crippen molar-refractivity contribution in [2.45, 2.75) is 13.0 Å². The van der Waals surface area contributed by atoms with Crippen molar-refractivity contribution in [3.8, 4) is 11.5 Å². The van der Waals surface area contributed by atoms with E-state index < -0.39 is 0 Å². The van der Waals surface area contributed by atoms with Crippen molar-refractivity contribution in [3.63, 3.8) is 0 Å². The maximum atomic E-state index is 5.88. The first-order valence-electron chi connectivity index (χ1n) is 6.80. The SMILES string of the molecule is Clc1ccc(NCc2cc(Br)c3c(c2)OCCCO3)cc1. The average molecular weight is 369 g/mol. The lowest BCUT2D eigenvalue weighted by molar-refractivity contribution is 0.296. The summed E-state index contributed by atoms with van der Waals surface area (Å²) < 4.78 is 12.4. The molecule has 0 radical (unpaired) electrons. The second kappa shape index (κ2) is 6.58. The van der Waals surface area contributed by atoms with Gasteiger partial charge in [-0.15, -0.1) is 0 Å². The second-order valence-electron chi connectivity index (χ2n) is 4.82. The van der Waals surface area contributed by atoms with E-state index in [1.54, 1.807) is 0 Å². The molecule has 0 spiro atoms. The normalized spacial score (nSPS) is 13.6. The van der Waals surface area contributed by atoms with Gasteiger partial charge in [-0.25, -0.2) is 0 Å². The zero-order chi connectivity index (χ0) is 14.7. The van der Waals surface area contributed by atoms with E-state index in [0.29, 0.717) is 19.8 Å². The molecule has 5 heteroatoms. The van der Waals surface area contributed by atoms with Gasteiger partial charge in [0.05, 0.1) is 17.7 Å². The third-order valence-corrected chi connectivity index (χ3v) is 4.04. The van der Waals surface area contributed by atoms with Crippen LogP contribution in [0, 0.1) is 0 Å². The Kier molecular flexibility index (Phi) is 4.56. The smallest absolute Gasteiger partial charge is 0.175 e. The average Bonchev–Trinajstić information content (AvgIpc) is 2.72. The molecule has 1 N–H and O–H groups in total. The Morgan fingerprint density at radius 3 is 2.67 bits per heavy atom. The molecule has 0 fully saturated rings. The predicted molar refractivity (Wildman–Crippen MR) is 88.5 cm³/mol. The van der Waals surface area contributed by atoms with Crippen LogP contribution in [0.1, 0.15) is 12.0 Å². The van der Waals surface area contributed by atoms with E-state index in [2.05, 4.69) is 27.3 Å². The highest BCUT2D eigenvalue weighted by molar-refractivity contribution is 9.10. The number of halogens is 2. The van der Waals surface area contributed by atoms with Crippen molar-refractivity contribution in [2.24, 2.45) is 0 Å². The van der Waals surface area contributed by atoms with Gasteiger partial charge in [0.2, 0.25) is 0 Å². The van der Waals surface area contributed by atoms with E-state index in [-0.39, 0.29) is 0 Å². The topological polar surface area (TPSA) is 30.5 Å². The first-order chi connectivity index (χ1) is 10.2. The number of ether oxygens (including phenoxy) is 2. The molecule has 0 saturated carbocycles. The van der Waals surface area contributed by atoms with E-state index in [9.17, 15) is 0 Å². The van der Waals surface area contributed by atoms with Crippen LogP contribution in [0.5, 0.6) is 11.5 Å². The second-order valence-corrected chi connectivity index (χ2v) is 6.11. The fourth-order valence-electron chi connectivity index (χ4n) is 2.16. The molecule has 0 aromatic heterocycles. The Hall–Kier alpha value is -1.39. The highest BCUT2D eigenvalue weighted by atomic mass is 79.9. The minimum absolute atomic E-state index is 0.688. The lowest BCUT2D eigenvalue weighted by atomic mass is 10.2. The first kappa shape index (κ1) is 14.5. The molecule has 2 aromatic rings. The van der Waals surface area contributed by atoms with Crippen molar-refractivity contribution in [1.29, 1.82) is 0 Å². The molecule has 3 nitrogen and oxygen atoms in total. The molecular weight excluding hydrogens is 354 g/mol. The molecule has 0 amide bonds. The van der Waals surface area contributed by atoms with Gasteiger partial charge in [0.1, 0.15) is 0 Å². The van der Waals surface area contributed by atoms with Crippen LogP contribution in [0.25, 0.3) is 0 Å². The van der Waals surface area contributed by atoms with Crippen LogP contribution in [0.15, 0.2) is 40.9 Å². The lowest BCUT2D eigenvalue weighted by Crippen LogP contribution is -2.01. The summed E-state index contributed by atoms with van der Waals surface area (Å²) in [7, 11) is 0. The van der Waals surface area contributed by atoms with Crippen LogP contribution < -0.4 is 14.8 Å². The summed E-state index contributed by atoms with van der Waals surface area (Å²) in [6.07, 6.45) is 0.902. The van der Waals surface area contributed by atoms with Gasteiger partial charge in [0.15, 0.2) is 11.5 Å². The van der Waals surface area contributed by atoms with Gasteiger partial charge in [0.25, 0.3) is 0 Å². The van der Waals surface area contributed by atoms with Crippen molar-refractivity contribution >= 4 is 33.2 Å². The standard InChI is InChI=1S/C16H15BrClNO2/c17-14-8-11(9-15-16(14)21-7-1-6-20-15)10-19-13-4-2-12(18)3-5-13/h2-5,8-9,19H,1,6-7,10H2. The quantitative estimate of drug-likeness (QED) is 0.838. The highest BCUT2D eigenvalue weighted by Crippen LogP contribution is 2.38. The number of anilines is 1. The molecule has 110 valence electrons. The monoisotopic (exact) mass is 367 g/mol. The van der Waals surface area contributed by atoms with E-state index in [1.165, 1.54) is 0 Å². The molecule has 3 rings (SSSR count). The molecule has 1 aliphatic heterocycles. The fraction of sp³-hybridized carbons (Fsp3) is 0.250. The third-order valence-electron chi connectivity index (χ3n) is 3.20. The predicted octanol–water partition coefficient (Wildman–Crippen LogP) is 4.88. The van der Waals surface area contributed by atoms with Crippen LogP contribution in [-0.2, 0) is 6.54 Å². The maximum absolute atomic E-state index is 5.88. The molecule has 1 heterocycles. The first-order valence-corrected chi connectivity index (χ1v) is 7.97. The number of fused-ring (bicyclic) bond motifs is 1. The zero-order valence-corrected chi connectivity index (χ0v) is 13.7. The van der Waals surface area contributed by atoms with Gasteiger partial charge in [-0.05, 0) is 57.9 Å². The number of nitrogens with one attached hydrogen (secondary N) is 1. The van der Waals surface area contributed by atoms with Crippen LogP contribution >= 0.6 is 27.5 Å². The van der Waals surface area contributed by atoms with E-state index >= 15 is 0 Å².